The summed E-state index contributed by atoms with van der Waals surface area (Å²) in [6, 6.07) is 10.1. The number of aromatic nitrogens is 3. The maximum absolute atomic E-state index is 6.29. The second-order valence-corrected chi connectivity index (χ2v) is 4.74. The third-order valence-corrected chi connectivity index (χ3v) is 3.61. The van der Waals surface area contributed by atoms with Crippen molar-refractivity contribution >= 4 is 16.7 Å². The normalized spacial score (nSPS) is 11.1. The molecule has 4 heteroatoms. The predicted molar refractivity (Wildman–Crippen MR) is 82.4 cm³/mol. The van der Waals surface area contributed by atoms with Gasteiger partial charge in [0.05, 0.1) is 5.52 Å². The molecular weight excluding hydrogens is 248 g/mol. The Balaban J connectivity index is 2.29. The number of para-hydroxylation sites is 1. The molecule has 4 nitrogen and oxygen atoms in total. The summed E-state index contributed by atoms with van der Waals surface area (Å²) >= 11 is 0. The smallest absolute Gasteiger partial charge is 0.131 e. The van der Waals surface area contributed by atoms with E-state index in [4.69, 9.17) is 10.7 Å². The second-order valence-electron chi connectivity index (χ2n) is 4.74. The van der Waals surface area contributed by atoms with E-state index in [-0.39, 0.29) is 0 Å². The van der Waals surface area contributed by atoms with Crippen molar-refractivity contribution in [3.8, 4) is 11.3 Å². The van der Waals surface area contributed by atoms with Gasteiger partial charge in [-0.25, -0.2) is 4.98 Å². The summed E-state index contributed by atoms with van der Waals surface area (Å²) in [6.45, 7) is 5.02. The van der Waals surface area contributed by atoms with Crippen LogP contribution in [0.15, 0.2) is 36.5 Å². The molecule has 102 valence electrons. The second kappa shape index (κ2) is 4.96. The Morgan fingerprint density at radius 2 is 1.95 bits per heavy atom. The maximum Gasteiger partial charge on any atom is 0.131 e. The molecule has 0 atom stereocenters. The van der Waals surface area contributed by atoms with Gasteiger partial charge in [-0.2, -0.15) is 0 Å². The lowest BCUT2D eigenvalue weighted by molar-refractivity contribution is 0.713. The molecule has 2 heterocycles. The first-order valence-electron chi connectivity index (χ1n) is 6.95. The van der Waals surface area contributed by atoms with Gasteiger partial charge in [-0.3, -0.25) is 4.98 Å². The van der Waals surface area contributed by atoms with E-state index in [1.165, 1.54) is 0 Å². The van der Waals surface area contributed by atoms with Gasteiger partial charge >= 0.3 is 0 Å². The van der Waals surface area contributed by atoms with Crippen LogP contribution in [0.3, 0.4) is 0 Å². The maximum atomic E-state index is 6.29. The number of benzene rings is 1. The summed E-state index contributed by atoms with van der Waals surface area (Å²) in [5.41, 5.74) is 9.08. The molecule has 0 fully saturated rings. The van der Waals surface area contributed by atoms with E-state index in [0.717, 1.165) is 46.8 Å². The Kier molecular flexibility index (Phi) is 3.14. The zero-order valence-electron chi connectivity index (χ0n) is 11.8. The molecule has 0 saturated carbocycles. The standard InChI is InChI=1S/C16H18N4/c1-3-13-19-15(16(17)20(13)4-2)12-9-5-7-11-8-6-10-18-14(11)12/h5-10H,3-4,17H2,1-2H3. The average molecular weight is 266 g/mol. The molecule has 0 radical (unpaired) electrons. The van der Waals surface area contributed by atoms with Gasteiger partial charge in [0.25, 0.3) is 0 Å². The van der Waals surface area contributed by atoms with Crippen LogP contribution in [0.5, 0.6) is 0 Å². The van der Waals surface area contributed by atoms with Gasteiger partial charge < -0.3 is 10.3 Å². The van der Waals surface area contributed by atoms with Crippen molar-refractivity contribution < 1.29 is 0 Å². The molecule has 0 aliphatic rings. The molecule has 0 amide bonds. The highest BCUT2D eigenvalue weighted by Gasteiger charge is 2.16. The lowest BCUT2D eigenvalue weighted by atomic mass is 10.1. The van der Waals surface area contributed by atoms with E-state index in [1.807, 2.05) is 18.2 Å². The first kappa shape index (κ1) is 12.7. The molecule has 1 aromatic carbocycles. The molecule has 0 spiro atoms. The highest BCUT2D eigenvalue weighted by atomic mass is 15.1. The van der Waals surface area contributed by atoms with Gasteiger partial charge in [0, 0.05) is 30.1 Å². The third kappa shape index (κ3) is 1.84. The van der Waals surface area contributed by atoms with Crippen LogP contribution in [-0.4, -0.2) is 14.5 Å². The number of hydrogen-bond donors (Lipinski definition) is 1. The summed E-state index contributed by atoms with van der Waals surface area (Å²) in [5, 5.41) is 1.11. The minimum Gasteiger partial charge on any atom is -0.383 e. The Hall–Kier alpha value is -2.36. The van der Waals surface area contributed by atoms with Crippen LogP contribution < -0.4 is 5.73 Å². The lowest BCUT2D eigenvalue weighted by Gasteiger charge is -2.06. The van der Waals surface area contributed by atoms with Crippen molar-refractivity contribution in [3.05, 3.63) is 42.4 Å². The summed E-state index contributed by atoms with van der Waals surface area (Å²) in [7, 11) is 0. The summed E-state index contributed by atoms with van der Waals surface area (Å²) in [4.78, 5) is 9.20. The molecule has 0 unspecified atom stereocenters. The number of fused-ring (bicyclic) bond motifs is 1. The number of pyridine rings is 1. The highest BCUT2D eigenvalue weighted by Crippen LogP contribution is 2.31. The van der Waals surface area contributed by atoms with Gasteiger partial charge in [-0.15, -0.1) is 0 Å². The van der Waals surface area contributed by atoms with Gasteiger partial charge in [0.1, 0.15) is 17.3 Å². The number of nitrogen functional groups attached to an aromatic ring is 1. The number of rotatable bonds is 3. The van der Waals surface area contributed by atoms with E-state index in [9.17, 15) is 0 Å². The molecule has 0 bridgehead atoms. The van der Waals surface area contributed by atoms with Crippen molar-refractivity contribution in [1.29, 1.82) is 0 Å². The Bertz CT molecular complexity index is 753. The monoisotopic (exact) mass is 266 g/mol. The van der Waals surface area contributed by atoms with Crippen LogP contribution in [0, 0.1) is 0 Å². The van der Waals surface area contributed by atoms with Gasteiger partial charge in [0.2, 0.25) is 0 Å². The fourth-order valence-electron chi connectivity index (χ4n) is 2.63. The molecule has 0 saturated heterocycles. The van der Waals surface area contributed by atoms with E-state index in [2.05, 4.69) is 35.5 Å². The third-order valence-electron chi connectivity index (χ3n) is 3.61. The first-order valence-corrected chi connectivity index (χ1v) is 6.95. The highest BCUT2D eigenvalue weighted by molar-refractivity contribution is 5.94. The largest absolute Gasteiger partial charge is 0.383 e. The van der Waals surface area contributed by atoms with Crippen LogP contribution in [0.1, 0.15) is 19.7 Å². The van der Waals surface area contributed by atoms with Gasteiger partial charge in [0.15, 0.2) is 0 Å². The number of nitrogens with zero attached hydrogens (tertiary/aromatic N) is 3. The number of hydrogen-bond acceptors (Lipinski definition) is 3. The molecule has 2 aromatic heterocycles. The fourth-order valence-corrected chi connectivity index (χ4v) is 2.63. The van der Waals surface area contributed by atoms with Crippen molar-refractivity contribution in [3.63, 3.8) is 0 Å². The Morgan fingerprint density at radius 3 is 2.65 bits per heavy atom. The first-order chi connectivity index (χ1) is 9.76. The van der Waals surface area contributed by atoms with Crippen LogP contribution >= 0.6 is 0 Å². The fraction of sp³-hybridized carbons (Fsp3) is 0.250. The van der Waals surface area contributed by atoms with Gasteiger partial charge in [-0.1, -0.05) is 31.2 Å². The van der Waals surface area contributed by atoms with Crippen LogP contribution in [0.25, 0.3) is 22.2 Å². The van der Waals surface area contributed by atoms with Crippen LogP contribution in [0.4, 0.5) is 5.82 Å². The molecule has 3 aromatic rings. The van der Waals surface area contributed by atoms with Gasteiger partial charge in [-0.05, 0) is 13.0 Å². The molecule has 0 aliphatic heterocycles. The number of anilines is 1. The number of imidazole rings is 1. The van der Waals surface area contributed by atoms with Crippen molar-refractivity contribution in [1.82, 2.24) is 14.5 Å². The molecule has 3 rings (SSSR count). The van der Waals surface area contributed by atoms with E-state index >= 15 is 0 Å². The molecule has 20 heavy (non-hydrogen) atoms. The minimum atomic E-state index is 0.725. The topological polar surface area (TPSA) is 56.7 Å². The summed E-state index contributed by atoms with van der Waals surface area (Å²) in [6.07, 6.45) is 2.68. The quantitative estimate of drug-likeness (QED) is 0.791. The minimum absolute atomic E-state index is 0.725. The predicted octanol–water partition coefficient (Wildman–Crippen LogP) is 3.26. The van der Waals surface area contributed by atoms with E-state index in [0.29, 0.717) is 0 Å². The molecule has 2 N–H and O–H groups in total. The SMILES string of the molecule is CCc1nc(-c2cccc3cccnc23)c(N)n1CC. The molecular formula is C16H18N4. The number of aryl methyl sites for hydroxylation is 1. The summed E-state index contributed by atoms with van der Waals surface area (Å²) in [5.74, 6) is 1.75. The zero-order chi connectivity index (χ0) is 14.1. The zero-order valence-corrected chi connectivity index (χ0v) is 11.8. The van der Waals surface area contributed by atoms with Crippen molar-refractivity contribution in [2.24, 2.45) is 0 Å². The van der Waals surface area contributed by atoms with E-state index in [1.54, 1.807) is 6.20 Å². The van der Waals surface area contributed by atoms with Crippen molar-refractivity contribution in [2.75, 3.05) is 5.73 Å². The van der Waals surface area contributed by atoms with Crippen molar-refractivity contribution in [2.45, 2.75) is 26.8 Å². The Labute approximate surface area is 118 Å². The lowest BCUT2D eigenvalue weighted by Crippen LogP contribution is -2.04. The van der Waals surface area contributed by atoms with Crippen LogP contribution in [-0.2, 0) is 13.0 Å². The van der Waals surface area contributed by atoms with E-state index < -0.39 is 0 Å². The average Bonchev–Trinajstić information content (AvgIpc) is 2.82. The van der Waals surface area contributed by atoms with Crippen LogP contribution in [0.2, 0.25) is 0 Å². The molecule has 0 aliphatic carbocycles. The number of nitrogens with two attached hydrogens (primary N) is 1. The Morgan fingerprint density at radius 1 is 1.15 bits per heavy atom. The summed E-state index contributed by atoms with van der Waals surface area (Å²) < 4.78 is 2.07.